The Morgan fingerprint density at radius 2 is 1.83 bits per heavy atom. The van der Waals surface area contributed by atoms with Crippen molar-refractivity contribution < 1.29 is 29.0 Å². The van der Waals surface area contributed by atoms with Gasteiger partial charge in [0.1, 0.15) is 0 Å². The molecule has 0 spiro atoms. The minimum atomic E-state index is -1.62. The maximum atomic E-state index is 11.5. The second-order valence-electron chi connectivity index (χ2n) is 3.14. The summed E-state index contributed by atoms with van der Waals surface area (Å²) in [4.78, 5) is 33.1. The van der Waals surface area contributed by atoms with Crippen LogP contribution in [-0.2, 0) is 4.79 Å². The first kappa shape index (κ1) is 14.2. The number of benzene rings is 1. The van der Waals surface area contributed by atoms with Crippen molar-refractivity contribution in [1.82, 2.24) is 0 Å². The van der Waals surface area contributed by atoms with E-state index in [1.165, 1.54) is 20.3 Å². The second-order valence-corrected chi connectivity index (χ2v) is 3.99. The highest BCUT2D eigenvalue weighted by atomic mass is 79.9. The quantitative estimate of drug-likeness (QED) is 0.503. The Hall–Kier alpha value is -1.89. The van der Waals surface area contributed by atoms with Crippen molar-refractivity contribution in [3.05, 3.63) is 21.7 Å². The van der Waals surface area contributed by atoms with Crippen molar-refractivity contribution in [1.29, 1.82) is 0 Å². The summed E-state index contributed by atoms with van der Waals surface area (Å²) < 4.78 is 10.2. The summed E-state index contributed by atoms with van der Waals surface area (Å²) in [6, 6.07) is 1.21. The molecule has 0 unspecified atom stereocenters. The largest absolute Gasteiger partial charge is 0.492 e. The molecule has 0 fully saturated rings. The lowest BCUT2D eigenvalue weighted by molar-refractivity contribution is -0.131. The number of aliphatic carboxylic acids is 1. The molecule has 1 rings (SSSR count). The monoisotopic (exact) mass is 316 g/mol. The molecular weight excluding hydrogens is 308 g/mol. The van der Waals surface area contributed by atoms with Crippen LogP contribution in [-0.4, -0.2) is 37.4 Å². The van der Waals surface area contributed by atoms with Crippen LogP contribution in [0.2, 0.25) is 0 Å². The minimum Gasteiger partial charge on any atom is -0.492 e. The molecule has 96 valence electrons. The molecule has 1 aromatic carbocycles. The van der Waals surface area contributed by atoms with E-state index in [0.29, 0.717) is 6.29 Å². The van der Waals surface area contributed by atoms with Crippen LogP contribution in [0.25, 0.3) is 0 Å². The van der Waals surface area contributed by atoms with Crippen LogP contribution < -0.4 is 9.47 Å². The normalized spacial score (nSPS) is 9.72. The summed E-state index contributed by atoms with van der Waals surface area (Å²) in [5.41, 5.74) is -0.0596. The number of hydrogen-bond donors (Lipinski definition) is 1. The molecule has 0 atom stereocenters. The van der Waals surface area contributed by atoms with E-state index in [0.717, 1.165) is 0 Å². The van der Waals surface area contributed by atoms with E-state index >= 15 is 0 Å². The van der Waals surface area contributed by atoms with Gasteiger partial charge in [-0.1, -0.05) is 0 Å². The smallest absolute Gasteiger partial charge is 0.377 e. The van der Waals surface area contributed by atoms with E-state index in [4.69, 9.17) is 14.6 Å². The fourth-order valence-electron chi connectivity index (χ4n) is 1.42. The predicted octanol–water partition coefficient (Wildman–Crippen LogP) is 1.55. The molecular formula is C11H9BrO6. The Bertz CT molecular complexity index is 523. The number of ketones is 1. The third-order valence-corrected chi connectivity index (χ3v) is 2.84. The van der Waals surface area contributed by atoms with Crippen LogP contribution in [0.3, 0.4) is 0 Å². The third-order valence-electron chi connectivity index (χ3n) is 2.19. The predicted molar refractivity (Wildman–Crippen MR) is 64.6 cm³/mol. The molecule has 0 radical (unpaired) electrons. The van der Waals surface area contributed by atoms with Crippen molar-refractivity contribution in [3.63, 3.8) is 0 Å². The lowest BCUT2D eigenvalue weighted by Crippen LogP contribution is -2.15. The van der Waals surface area contributed by atoms with Crippen molar-refractivity contribution >= 4 is 34.0 Å². The number of Topliss-reactive ketones (excluding diaryl/α,β-unsaturated/α-hetero) is 1. The van der Waals surface area contributed by atoms with Crippen LogP contribution in [0.15, 0.2) is 10.5 Å². The lowest BCUT2D eigenvalue weighted by atomic mass is 10.1. The van der Waals surface area contributed by atoms with Crippen LogP contribution in [0.5, 0.6) is 11.5 Å². The molecule has 0 saturated heterocycles. The summed E-state index contributed by atoms with van der Waals surface area (Å²) in [5, 5.41) is 8.71. The Morgan fingerprint density at radius 1 is 1.28 bits per heavy atom. The van der Waals surface area contributed by atoms with Gasteiger partial charge in [-0.05, 0) is 22.0 Å². The van der Waals surface area contributed by atoms with Gasteiger partial charge >= 0.3 is 5.97 Å². The van der Waals surface area contributed by atoms with Gasteiger partial charge in [0.05, 0.1) is 25.3 Å². The fraction of sp³-hybridized carbons (Fsp3) is 0.182. The highest BCUT2D eigenvalue weighted by Gasteiger charge is 2.26. The van der Waals surface area contributed by atoms with E-state index in [1.807, 2.05) is 0 Å². The van der Waals surface area contributed by atoms with Crippen LogP contribution in [0, 0.1) is 0 Å². The first-order valence-electron chi connectivity index (χ1n) is 4.65. The highest BCUT2D eigenvalue weighted by molar-refractivity contribution is 9.10. The van der Waals surface area contributed by atoms with Crippen molar-refractivity contribution in [2.45, 2.75) is 0 Å². The van der Waals surface area contributed by atoms with E-state index in [1.54, 1.807) is 0 Å². The van der Waals surface area contributed by atoms with Crippen molar-refractivity contribution in [3.8, 4) is 11.5 Å². The maximum Gasteiger partial charge on any atom is 0.377 e. The molecule has 18 heavy (non-hydrogen) atoms. The minimum absolute atomic E-state index is 0.00600. The summed E-state index contributed by atoms with van der Waals surface area (Å²) >= 11 is 3.07. The lowest BCUT2D eigenvalue weighted by Gasteiger charge is -2.14. The van der Waals surface area contributed by atoms with Gasteiger partial charge in [0, 0.05) is 4.47 Å². The molecule has 0 aliphatic carbocycles. The Balaban J connectivity index is 3.64. The van der Waals surface area contributed by atoms with Gasteiger partial charge in [-0.15, -0.1) is 0 Å². The summed E-state index contributed by atoms with van der Waals surface area (Å²) in [7, 11) is 2.53. The molecule has 0 saturated carbocycles. The number of hydrogen-bond acceptors (Lipinski definition) is 5. The van der Waals surface area contributed by atoms with Crippen LogP contribution in [0.4, 0.5) is 0 Å². The Morgan fingerprint density at radius 3 is 2.22 bits per heavy atom. The summed E-state index contributed by atoms with van der Waals surface area (Å²) in [6.45, 7) is 0. The second kappa shape index (κ2) is 5.63. The first-order valence-corrected chi connectivity index (χ1v) is 5.44. The van der Waals surface area contributed by atoms with E-state index in [9.17, 15) is 14.4 Å². The standard InChI is InChI=1S/C11H9BrO6/c1-17-9-5(8(14)11(15)16)3-7(12)6(4-13)10(9)18-2/h3-4H,1-2H3,(H,15,16). The summed E-state index contributed by atoms with van der Waals surface area (Å²) in [6.07, 6.45) is 0.514. The maximum absolute atomic E-state index is 11.5. The SMILES string of the molecule is COc1c(C(=O)C(=O)O)cc(Br)c(C=O)c1OC. The van der Waals surface area contributed by atoms with Gasteiger partial charge in [0.2, 0.25) is 0 Å². The molecule has 6 nitrogen and oxygen atoms in total. The molecule has 0 aliphatic heterocycles. The van der Waals surface area contributed by atoms with Crippen molar-refractivity contribution in [2.75, 3.05) is 14.2 Å². The zero-order valence-corrected chi connectivity index (χ0v) is 11.1. The number of carboxylic acids is 1. The topological polar surface area (TPSA) is 89.9 Å². The average molecular weight is 317 g/mol. The number of carbonyl (C=O) groups is 3. The van der Waals surface area contributed by atoms with Gasteiger partial charge < -0.3 is 14.6 Å². The zero-order valence-electron chi connectivity index (χ0n) is 9.52. The molecule has 1 N–H and O–H groups in total. The highest BCUT2D eigenvalue weighted by Crippen LogP contribution is 2.38. The van der Waals surface area contributed by atoms with Crippen LogP contribution in [0.1, 0.15) is 20.7 Å². The summed E-state index contributed by atoms with van der Waals surface area (Å²) in [5.74, 6) is -2.86. The number of rotatable bonds is 5. The molecule has 0 heterocycles. The molecule has 0 bridgehead atoms. The fourth-order valence-corrected chi connectivity index (χ4v) is 1.92. The number of aldehydes is 1. The van der Waals surface area contributed by atoms with Gasteiger partial charge in [-0.3, -0.25) is 9.59 Å². The number of carboxylic acid groups (broad SMARTS) is 1. The Labute approximate surface area is 111 Å². The number of ether oxygens (including phenoxy) is 2. The third kappa shape index (κ3) is 2.35. The van der Waals surface area contributed by atoms with E-state index in [-0.39, 0.29) is 27.1 Å². The molecule has 7 heteroatoms. The van der Waals surface area contributed by atoms with Gasteiger partial charge in [-0.25, -0.2) is 4.79 Å². The molecule has 0 aromatic heterocycles. The van der Waals surface area contributed by atoms with Gasteiger partial charge in [-0.2, -0.15) is 0 Å². The first-order chi connectivity index (χ1) is 8.47. The van der Waals surface area contributed by atoms with E-state index in [2.05, 4.69) is 15.9 Å². The number of halogens is 1. The van der Waals surface area contributed by atoms with Crippen LogP contribution >= 0.6 is 15.9 Å². The molecule has 0 amide bonds. The molecule has 1 aromatic rings. The average Bonchev–Trinajstić information content (AvgIpc) is 2.35. The van der Waals surface area contributed by atoms with Gasteiger partial charge in [0.15, 0.2) is 17.8 Å². The van der Waals surface area contributed by atoms with Gasteiger partial charge in [0.25, 0.3) is 5.78 Å². The Kier molecular flexibility index (Phi) is 4.43. The van der Waals surface area contributed by atoms with E-state index < -0.39 is 11.8 Å². The van der Waals surface area contributed by atoms with Crippen molar-refractivity contribution in [2.24, 2.45) is 0 Å². The zero-order chi connectivity index (χ0) is 13.9. The molecule has 0 aliphatic rings. The number of carbonyl (C=O) groups excluding carboxylic acids is 2. The number of methoxy groups -OCH3 is 2.